The van der Waals surface area contributed by atoms with Crippen LogP contribution < -0.4 is 4.90 Å². The molecular formula is C17H16F4N4O. The summed E-state index contributed by atoms with van der Waals surface area (Å²) in [6, 6.07) is 5.47. The standard InChI is InChI=1S/C17H16F4N4O/c18-12-4-5-14(17(19,20)21)13(11-12)16(26)25-8-2-7-24(9-10-25)15-3-1-6-22-23-15/h1,3-6,11H,2,7-10H2. The number of nitrogens with zero attached hydrogens (tertiary/aromatic N) is 4. The van der Waals surface area contributed by atoms with Crippen LogP contribution in [0.15, 0.2) is 36.5 Å². The van der Waals surface area contributed by atoms with E-state index in [1.165, 1.54) is 4.90 Å². The predicted octanol–water partition coefficient (Wildman–Crippen LogP) is 2.99. The topological polar surface area (TPSA) is 49.3 Å². The number of anilines is 1. The first-order valence-electron chi connectivity index (χ1n) is 8.05. The Morgan fingerprint density at radius 3 is 2.58 bits per heavy atom. The number of carbonyl (C=O) groups excluding carboxylic acids is 1. The molecule has 26 heavy (non-hydrogen) atoms. The number of benzene rings is 1. The van der Waals surface area contributed by atoms with Crippen LogP contribution in [0.4, 0.5) is 23.4 Å². The molecule has 0 atom stereocenters. The van der Waals surface area contributed by atoms with E-state index in [2.05, 4.69) is 10.2 Å². The number of amides is 1. The second-order valence-electron chi connectivity index (χ2n) is 5.90. The number of alkyl halides is 3. The Hall–Kier alpha value is -2.71. The van der Waals surface area contributed by atoms with Crippen molar-refractivity contribution in [2.45, 2.75) is 12.6 Å². The summed E-state index contributed by atoms with van der Waals surface area (Å²) in [6.45, 7) is 1.49. The Bertz CT molecular complexity index is 782. The molecule has 9 heteroatoms. The maximum absolute atomic E-state index is 13.5. The molecule has 1 saturated heterocycles. The fourth-order valence-electron chi connectivity index (χ4n) is 2.92. The molecule has 0 bridgehead atoms. The average Bonchev–Trinajstić information content (AvgIpc) is 2.87. The highest BCUT2D eigenvalue weighted by molar-refractivity contribution is 5.96. The van der Waals surface area contributed by atoms with Crippen LogP contribution in [0.3, 0.4) is 0 Å². The molecule has 0 N–H and O–H groups in total. The lowest BCUT2D eigenvalue weighted by Gasteiger charge is -2.23. The summed E-state index contributed by atoms with van der Waals surface area (Å²) < 4.78 is 52.9. The van der Waals surface area contributed by atoms with Crippen LogP contribution in [-0.2, 0) is 6.18 Å². The maximum atomic E-state index is 13.5. The molecule has 138 valence electrons. The van der Waals surface area contributed by atoms with Gasteiger partial charge in [0.2, 0.25) is 0 Å². The van der Waals surface area contributed by atoms with Gasteiger partial charge in [-0.3, -0.25) is 4.79 Å². The number of rotatable bonds is 2. The third kappa shape index (κ3) is 3.92. The molecule has 1 fully saturated rings. The minimum absolute atomic E-state index is 0.212. The minimum atomic E-state index is -4.73. The van der Waals surface area contributed by atoms with Crippen molar-refractivity contribution in [3.63, 3.8) is 0 Å². The first-order chi connectivity index (χ1) is 12.4. The van der Waals surface area contributed by atoms with Gasteiger partial charge in [-0.15, -0.1) is 5.10 Å². The SMILES string of the molecule is O=C(c1cc(F)ccc1C(F)(F)F)N1CCCN(c2cccnn2)CC1. The highest BCUT2D eigenvalue weighted by Crippen LogP contribution is 2.33. The Kier molecular flexibility index (Phi) is 5.06. The lowest BCUT2D eigenvalue weighted by atomic mass is 10.1. The van der Waals surface area contributed by atoms with Gasteiger partial charge in [0, 0.05) is 32.4 Å². The van der Waals surface area contributed by atoms with Crippen molar-refractivity contribution in [3.05, 3.63) is 53.5 Å². The highest BCUT2D eigenvalue weighted by Gasteiger charge is 2.36. The minimum Gasteiger partial charge on any atom is -0.353 e. The van der Waals surface area contributed by atoms with Crippen molar-refractivity contribution in [1.29, 1.82) is 0 Å². The van der Waals surface area contributed by atoms with E-state index in [0.29, 0.717) is 43.5 Å². The number of hydrogen-bond acceptors (Lipinski definition) is 4. The first kappa shape index (κ1) is 18.1. The zero-order valence-corrected chi connectivity index (χ0v) is 13.7. The van der Waals surface area contributed by atoms with E-state index in [9.17, 15) is 22.4 Å². The van der Waals surface area contributed by atoms with Gasteiger partial charge in [0.25, 0.3) is 5.91 Å². The second-order valence-corrected chi connectivity index (χ2v) is 5.90. The number of hydrogen-bond donors (Lipinski definition) is 0. The molecule has 0 saturated carbocycles. The average molecular weight is 368 g/mol. The molecule has 1 amide bonds. The van der Waals surface area contributed by atoms with Crippen LogP contribution in [0, 0.1) is 5.82 Å². The summed E-state index contributed by atoms with van der Waals surface area (Å²) in [5.41, 5.74) is -1.79. The molecule has 0 spiro atoms. The van der Waals surface area contributed by atoms with E-state index in [-0.39, 0.29) is 13.1 Å². The summed E-state index contributed by atoms with van der Waals surface area (Å²) in [4.78, 5) is 15.9. The van der Waals surface area contributed by atoms with Gasteiger partial charge in [-0.1, -0.05) is 0 Å². The van der Waals surface area contributed by atoms with E-state index in [1.807, 2.05) is 4.90 Å². The summed E-state index contributed by atoms with van der Waals surface area (Å²) in [5, 5.41) is 7.81. The summed E-state index contributed by atoms with van der Waals surface area (Å²) in [6.07, 6.45) is -2.63. The molecular weight excluding hydrogens is 352 g/mol. The molecule has 1 aliphatic rings. The molecule has 2 heterocycles. The van der Waals surface area contributed by atoms with Crippen molar-refractivity contribution < 1.29 is 22.4 Å². The number of halogens is 4. The molecule has 1 aliphatic heterocycles. The fourth-order valence-corrected chi connectivity index (χ4v) is 2.92. The van der Waals surface area contributed by atoms with Crippen LogP contribution in [0.2, 0.25) is 0 Å². The Labute approximate surface area is 147 Å². The number of carbonyl (C=O) groups is 1. The van der Waals surface area contributed by atoms with Crippen molar-refractivity contribution >= 4 is 11.7 Å². The highest BCUT2D eigenvalue weighted by atomic mass is 19.4. The smallest absolute Gasteiger partial charge is 0.353 e. The van der Waals surface area contributed by atoms with Crippen molar-refractivity contribution in [2.24, 2.45) is 0 Å². The summed E-state index contributed by atoms with van der Waals surface area (Å²) in [7, 11) is 0. The Morgan fingerprint density at radius 2 is 1.88 bits per heavy atom. The number of aromatic nitrogens is 2. The van der Waals surface area contributed by atoms with Crippen molar-refractivity contribution in [2.75, 3.05) is 31.1 Å². The molecule has 0 radical (unpaired) electrons. The van der Waals surface area contributed by atoms with Crippen LogP contribution in [0.25, 0.3) is 0 Å². The Balaban J connectivity index is 1.80. The third-order valence-corrected chi connectivity index (χ3v) is 4.18. The van der Waals surface area contributed by atoms with Crippen LogP contribution in [0.1, 0.15) is 22.3 Å². The molecule has 0 aliphatic carbocycles. The van der Waals surface area contributed by atoms with Crippen LogP contribution in [-0.4, -0.2) is 47.2 Å². The lowest BCUT2D eigenvalue weighted by Crippen LogP contribution is -2.36. The van der Waals surface area contributed by atoms with Gasteiger partial charge in [-0.2, -0.15) is 18.3 Å². The molecule has 1 aromatic heterocycles. The zero-order valence-electron chi connectivity index (χ0n) is 13.7. The third-order valence-electron chi connectivity index (χ3n) is 4.18. The maximum Gasteiger partial charge on any atom is 0.417 e. The van der Waals surface area contributed by atoms with Gasteiger partial charge < -0.3 is 9.80 Å². The van der Waals surface area contributed by atoms with E-state index in [1.54, 1.807) is 18.3 Å². The predicted molar refractivity (Wildman–Crippen MR) is 86.2 cm³/mol. The zero-order chi connectivity index (χ0) is 18.7. The normalized spacial score (nSPS) is 15.7. The van der Waals surface area contributed by atoms with E-state index < -0.39 is 29.0 Å². The van der Waals surface area contributed by atoms with Gasteiger partial charge in [0.05, 0.1) is 11.1 Å². The van der Waals surface area contributed by atoms with Gasteiger partial charge in [0.1, 0.15) is 5.82 Å². The van der Waals surface area contributed by atoms with Crippen LogP contribution >= 0.6 is 0 Å². The van der Waals surface area contributed by atoms with Crippen LogP contribution in [0.5, 0.6) is 0 Å². The fraction of sp³-hybridized carbons (Fsp3) is 0.353. The summed E-state index contributed by atoms with van der Waals surface area (Å²) >= 11 is 0. The van der Waals surface area contributed by atoms with E-state index in [0.717, 1.165) is 0 Å². The first-order valence-corrected chi connectivity index (χ1v) is 8.05. The van der Waals surface area contributed by atoms with E-state index >= 15 is 0 Å². The van der Waals surface area contributed by atoms with Crippen molar-refractivity contribution in [1.82, 2.24) is 15.1 Å². The molecule has 2 aromatic rings. The monoisotopic (exact) mass is 368 g/mol. The van der Waals surface area contributed by atoms with Gasteiger partial charge in [-0.25, -0.2) is 4.39 Å². The Morgan fingerprint density at radius 1 is 1.08 bits per heavy atom. The summed E-state index contributed by atoms with van der Waals surface area (Å²) in [5.74, 6) is -1.06. The molecule has 0 unspecified atom stereocenters. The lowest BCUT2D eigenvalue weighted by molar-refractivity contribution is -0.138. The molecule has 1 aromatic carbocycles. The second kappa shape index (κ2) is 7.27. The molecule has 3 rings (SSSR count). The molecule has 5 nitrogen and oxygen atoms in total. The largest absolute Gasteiger partial charge is 0.417 e. The van der Waals surface area contributed by atoms with Gasteiger partial charge in [0.15, 0.2) is 5.82 Å². The quantitative estimate of drug-likeness (QED) is 0.765. The van der Waals surface area contributed by atoms with E-state index in [4.69, 9.17) is 0 Å². The van der Waals surface area contributed by atoms with Gasteiger partial charge >= 0.3 is 6.18 Å². The van der Waals surface area contributed by atoms with Gasteiger partial charge in [-0.05, 0) is 36.8 Å². The van der Waals surface area contributed by atoms with Crippen molar-refractivity contribution in [3.8, 4) is 0 Å².